The summed E-state index contributed by atoms with van der Waals surface area (Å²) in [6, 6.07) is 0. The van der Waals surface area contributed by atoms with Gasteiger partial charge in [-0.15, -0.1) is 0 Å². The first-order valence-electron chi connectivity index (χ1n) is 4.48. The van der Waals surface area contributed by atoms with Gasteiger partial charge in [-0.05, 0) is 49.2 Å². The van der Waals surface area contributed by atoms with Crippen molar-refractivity contribution in [1.82, 2.24) is 5.32 Å². The Morgan fingerprint density at radius 2 is 1.38 bits per heavy atom. The molecule has 0 bridgehead atoms. The van der Waals surface area contributed by atoms with E-state index in [0.717, 1.165) is 37.1 Å². The molecule has 1 saturated heterocycles. The van der Waals surface area contributed by atoms with Gasteiger partial charge in [0, 0.05) is 0 Å². The van der Waals surface area contributed by atoms with Crippen molar-refractivity contribution >= 4 is 11.6 Å². The summed E-state index contributed by atoms with van der Waals surface area (Å²) in [7, 11) is 0. The van der Waals surface area contributed by atoms with Crippen molar-refractivity contribution in [3.05, 3.63) is 23.3 Å². The lowest BCUT2D eigenvalue weighted by atomic mass is 9.93. The zero-order chi connectivity index (χ0) is 9.26. The predicted octanol–water partition coefficient (Wildman–Crippen LogP) is 0.374. The van der Waals surface area contributed by atoms with Gasteiger partial charge in [-0.1, -0.05) is 0 Å². The number of hydrogen-bond donors (Lipinski definition) is 1. The highest BCUT2D eigenvalue weighted by atomic mass is 16.2. The lowest BCUT2D eigenvalue weighted by molar-refractivity contribution is -0.131. The van der Waals surface area contributed by atoms with Crippen molar-refractivity contribution in [2.24, 2.45) is 0 Å². The molecule has 13 heavy (non-hydrogen) atoms. The molecule has 1 fully saturated rings. The molecule has 1 heterocycles. The van der Waals surface area contributed by atoms with E-state index >= 15 is 0 Å². The van der Waals surface area contributed by atoms with Crippen molar-refractivity contribution in [2.75, 3.05) is 13.1 Å². The molecule has 0 radical (unpaired) electrons. The first-order chi connectivity index (χ1) is 6.27. The molecule has 68 valence electrons. The topological polar surface area (TPSA) is 46.2 Å². The van der Waals surface area contributed by atoms with E-state index in [1.54, 1.807) is 0 Å². The Labute approximate surface area is 76.5 Å². The maximum atomic E-state index is 11.1. The third-order valence-electron chi connectivity index (χ3n) is 2.41. The molecule has 0 spiro atoms. The number of carbonyl (C=O) groups is 2. The zero-order valence-corrected chi connectivity index (χ0v) is 7.30. The predicted molar refractivity (Wildman–Crippen MR) is 48.3 cm³/mol. The van der Waals surface area contributed by atoms with Crippen LogP contribution in [-0.2, 0) is 9.59 Å². The van der Waals surface area contributed by atoms with E-state index < -0.39 is 0 Å². The van der Waals surface area contributed by atoms with E-state index in [1.165, 1.54) is 12.2 Å². The summed E-state index contributed by atoms with van der Waals surface area (Å²) in [4.78, 5) is 22.1. The van der Waals surface area contributed by atoms with Crippen LogP contribution in [0.15, 0.2) is 23.3 Å². The van der Waals surface area contributed by atoms with Gasteiger partial charge in [0.05, 0.1) is 0 Å². The molecule has 3 heteroatoms. The molecule has 0 atom stereocenters. The maximum Gasteiger partial charge on any atom is 0.225 e. The van der Waals surface area contributed by atoms with E-state index in [-0.39, 0.29) is 11.6 Å². The van der Waals surface area contributed by atoms with Crippen LogP contribution in [0.25, 0.3) is 0 Å². The Morgan fingerprint density at radius 3 is 1.85 bits per heavy atom. The van der Waals surface area contributed by atoms with Gasteiger partial charge in [0.2, 0.25) is 11.6 Å². The number of nitrogens with one attached hydrogen (secondary N) is 1. The highest BCUT2D eigenvalue weighted by Crippen LogP contribution is 2.22. The third kappa shape index (κ3) is 1.60. The molecule has 0 aromatic heterocycles. The number of allylic oxidation sites excluding steroid dienone is 2. The van der Waals surface area contributed by atoms with Crippen molar-refractivity contribution in [3.8, 4) is 0 Å². The van der Waals surface area contributed by atoms with E-state index in [1.807, 2.05) is 0 Å². The van der Waals surface area contributed by atoms with E-state index in [4.69, 9.17) is 0 Å². The minimum atomic E-state index is -0.374. The molecule has 3 nitrogen and oxygen atoms in total. The Bertz CT molecular complexity index is 294. The summed E-state index contributed by atoms with van der Waals surface area (Å²) >= 11 is 0. The molecule has 1 N–H and O–H groups in total. The fourth-order valence-electron chi connectivity index (χ4n) is 1.68. The first-order valence-corrected chi connectivity index (χ1v) is 4.48. The molecule has 0 saturated carbocycles. The van der Waals surface area contributed by atoms with Crippen LogP contribution in [-0.4, -0.2) is 24.7 Å². The summed E-state index contributed by atoms with van der Waals surface area (Å²) in [5, 5.41) is 3.23. The van der Waals surface area contributed by atoms with Crippen LogP contribution >= 0.6 is 0 Å². The molecule has 1 aliphatic heterocycles. The van der Waals surface area contributed by atoms with Gasteiger partial charge in [-0.2, -0.15) is 0 Å². The van der Waals surface area contributed by atoms with Crippen molar-refractivity contribution < 1.29 is 9.59 Å². The Morgan fingerprint density at radius 1 is 0.923 bits per heavy atom. The van der Waals surface area contributed by atoms with Gasteiger partial charge in [-0.25, -0.2) is 0 Å². The standard InChI is InChI=1S/C10H11NO2/c12-9-5-7-1-3-11-4-2-8(7)6-10(9)13/h5-6,11H,1-4H2. The summed E-state index contributed by atoms with van der Waals surface area (Å²) in [5.41, 5.74) is 2.07. The monoisotopic (exact) mass is 177 g/mol. The number of carbonyl (C=O) groups excluding carboxylic acids is 2. The summed E-state index contributed by atoms with van der Waals surface area (Å²) in [6.45, 7) is 1.79. The first kappa shape index (κ1) is 8.38. The van der Waals surface area contributed by atoms with Crippen molar-refractivity contribution in [3.63, 3.8) is 0 Å². The van der Waals surface area contributed by atoms with Crippen molar-refractivity contribution in [1.29, 1.82) is 0 Å². The van der Waals surface area contributed by atoms with Crippen LogP contribution < -0.4 is 5.32 Å². The fourth-order valence-corrected chi connectivity index (χ4v) is 1.68. The lowest BCUT2D eigenvalue weighted by Crippen LogP contribution is -2.14. The molecule has 0 aromatic rings. The molecular formula is C10H11NO2. The highest BCUT2D eigenvalue weighted by molar-refractivity contribution is 6.46. The molecular weight excluding hydrogens is 166 g/mol. The summed E-state index contributed by atoms with van der Waals surface area (Å²) in [6.07, 6.45) is 4.69. The molecule has 0 amide bonds. The summed E-state index contributed by atoms with van der Waals surface area (Å²) in [5.74, 6) is -0.749. The fraction of sp³-hybridized carbons (Fsp3) is 0.400. The second-order valence-corrected chi connectivity index (χ2v) is 3.32. The Balaban J connectivity index is 2.32. The molecule has 0 aromatic carbocycles. The van der Waals surface area contributed by atoms with E-state index in [2.05, 4.69) is 5.32 Å². The average molecular weight is 177 g/mol. The normalized spacial score (nSPS) is 23.1. The van der Waals surface area contributed by atoms with Crippen molar-refractivity contribution in [2.45, 2.75) is 12.8 Å². The SMILES string of the molecule is O=C1C=C2CCNCCC2=CC1=O. The minimum Gasteiger partial charge on any atom is -0.316 e. The van der Waals surface area contributed by atoms with Gasteiger partial charge >= 0.3 is 0 Å². The minimum absolute atomic E-state index is 0.374. The maximum absolute atomic E-state index is 11.1. The Hall–Kier alpha value is -1.22. The number of ketones is 2. The second-order valence-electron chi connectivity index (χ2n) is 3.32. The van der Waals surface area contributed by atoms with Crippen LogP contribution in [0.4, 0.5) is 0 Å². The van der Waals surface area contributed by atoms with Gasteiger partial charge in [0.1, 0.15) is 0 Å². The summed E-state index contributed by atoms with van der Waals surface area (Å²) < 4.78 is 0. The van der Waals surface area contributed by atoms with Crippen LogP contribution in [0.2, 0.25) is 0 Å². The van der Waals surface area contributed by atoms with Gasteiger partial charge in [0.25, 0.3) is 0 Å². The van der Waals surface area contributed by atoms with Crippen LogP contribution in [0.3, 0.4) is 0 Å². The van der Waals surface area contributed by atoms with Gasteiger partial charge in [0.15, 0.2) is 0 Å². The van der Waals surface area contributed by atoms with Crippen LogP contribution in [0.1, 0.15) is 12.8 Å². The number of rotatable bonds is 0. The number of hydrogen-bond acceptors (Lipinski definition) is 3. The number of fused-ring (bicyclic) bond motifs is 1. The largest absolute Gasteiger partial charge is 0.316 e. The van der Waals surface area contributed by atoms with E-state index in [9.17, 15) is 9.59 Å². The smallest absolute Gasteiger partial charge is 0.225 e. The Kier molecular flexibility index (Phi) is 2.10. The lowest BCUT2D eigenvalue weighted by Gasteiger charge is -2.10. The van der Waals surface area contributed by atoms with Crippen LogP contribution in [0.5, 0.6) is 0 Å². The molecule has 2 rings (SSSR count). The molecule has 1 aliphatic carbocycles. The highest BCUT2D eigenvalue weighted by Gasteiger charge is 2.20. The quantitative estimate of drug-likeness (QED) is 0.429. The average Bonchev–Trinajstić information content (AvgIpc) is 2.31. The van der Waals surface area contributed by atoms with Gasteiger partial charge < -0.3 is 5.32 Å². The van der Waals surface area contributed by atoms with E-state index in [0.29, 0.717) is 0 Å². The second kappa shape index (κ2) is 3.26. The molecule has 0 unspecified atom stereocenters. The van der Waals surface area contributed by atoms with Crippen LogP contribution in [0, 0.1) is 0 Å². The van der Waals surface area contributed by atoms with Gasteiger partial charge in [-0.3, -0.25) is 9.59 Å². The third-order valence-corrected chi connectivity index (χ3v) is 2.41. The zero-order valence-electron chi connectivity index (χ0n) is 7.30. The molecule has 2 aliphatic rings.